The molecule has 1 aliphatic heterocycles. The van der Waals surface area contributed by atoms with Gasteiger partial charge in [0.1, 0.15) is 17.1 Å². The Morgan fingerprint density at radius 3 is 2.56 bits per heavy atom. The summed E-state index contributed by atoms with van der Waals surface area (Å²) in [6.45, 7) is 7.21. The lowest BCUT2D eigenvalue weighted by Gasteiger charge is -2.34. The van der Waals surface area contributed by atoms with Crippen molar-refractivity contribution in [2.45, 2.75) is 19.1 Å². The van der Waals surface area contributed by atoms with Crippen LogP contribution in [0.4, 0.5) is 36.3 Å². The summed E-state index contributed by atoms with van der Waals surface area (Å²) >= 11 is 0. The monoisotopic (exact) mass is 540 g/mol. The van der Waals surface area contributed by atoms with Gasteiger partial charge < -0.3 is 25.2 Å². The number of aromatic nitrogens is 2. The number of ether oxygens (including phenoxy) is 1. The topological polar surface area (TPSA) is 82.6 Å². The molecule has 2 aromatic carbocycles. The first-order valence-electron chi connectivity index (χ1n) is 12.5. The summed E-state index contributed by atoms with van der Waals surface area (Å²) < 4.78 is 46.7. The average Bonchev–Trinajstić information content (AvgIpc) is 2.92. The van der Waals surface area contributed by atoms with Gasteiger partial charge in [0.15, 0.2) is 5.78 Å². The predicted molar refractivity (Wildman–Crippen MR) is 146 cm³/mol. The largest absolute Gasteiger partial charge is 0.494 e. The normalized spacial score (nSPS) is 14.1. The first kappa shape index (κ1) is 27.9. The first-order chi connectivity index (χ1) is 18.7. The van der Waals surface area contributed by atoms with Crippen molar-refractivity contribution < 1.29 is 22.7 Å². The Bertz CT molecular complexity index is 1320. The van der Waals surface area contributed by atoms with Gasteiger partial charge in [-0.05, 0) is 36.4 Å². The maximum atomic E-state index is 13.7. The van der Waals surface area contributed by atoms with Crippen LogP contribution in [0.1, 0.15) is 16.7 Å². The molecule has 3 aromatic rings. The number of carbonyl (C=O) groups is 1. The van der Waals surface area contributed by atoms with E-state index in [1.165, 1.54) is 13.2 Å². The van der Waals surface area contributed by atoms with Crippen LogP contribution in [0.5, 0.6) is 5.75 Å². The Labute approximate surface area is 225 Å². The zero-order valence-corrected chi connectivity index (χ0v) is 21.9. The molecule has 0 saturated carbocycles. The highest BCUT2D eigenvalue weighted by Crippen LogP contribution is 2.36. The molecule has 0 bridgehead atoms. The molecule has 8 nitrogen and oxygen atoms in total. The minimum atomic E-state index is -4.65. The molecule has 206 valence electrons. The van der Waals surface area contributed by atoms with E-state index in [2.05, 4.69) is 44.0 Å². The highest BCUT2D eigenvalue weighted by atomic mass is 19.4. The van der Waals surface area contributed by atoms with Gasteiger partial charge in [0.2, 0.25) is 5.95 Å². The fraction of sp³-hybridized carbons (Fsp3) is 0.321. The van der Waals surface area contributed by atoms with Crippen LogP contribution in [0.25, 0.3) is 0 Å². The van der Waals surface area contributed by atoms with Crippen LogP contribution in [0.15, 0.2) is 61.3 Å². The molecule has 0 radical (unpaired) electrons. The Hall–Kier alpha value is -4.12. The molecule has 2 heterocycles. The van der Waals surface area contributed by atoms with Gasteiger partial charge >= 0.3 is 6.18 Å². The van der Waals surface area contributed by atoms with Crippen LogP contribution in [0.2, 0.25) is 0 Å². The van der Waals surface area contributed by atoms with Gasteiger partial charge in [-0.25, -0.2) is 4.98 Å². The number of allylic oxidation sites excluding steroid dienone is 1. The zero-order chi connectivity index (χ0) is 28.0. The van der Waals surface area contributed by atoms with Crippen LogP contribution in [0.3, 0.4) is 0 Å². The molecule has 1 saturated heterocycles. The van der Waals surface area contributed by atoms with Crippen molar-refractivity contribution in [3.8, 4) is 5.75 Å². The van der Waals surface area contributed by atoms with Crippen LogP contribution in [-0.2, 0) is 23.9 Å². The third-order valence-corrected chi connectivity index (χ3v) is 6.45. The molecular weight excluding hydrogens is 509 g/mol. The number of carbonyl (C=O) groups excluding carboxylic acids is 1. The Balaban J connectivity index is 1.54. The Morgan fingerprint density at radius 1 is 1.13 bits per heavy atom. The third-order valence-electron chi connectivity index (χ3n) is 6.45. The minimum absolute atomic E-state index is 0.0125. The highest BCUT2D eigenvalue weighted by molar-refractivity contribution is 5.90. The van der Waals surface area contributed by atoms with E-state index in [-0.39, 0.29) is 30.5 Å². The zero-order valence-electron chi connectivity index (χ0n) is 21.9. The second-order valence-electron chi connectivity index (χ2n) is 9.27. The van der Waals surface area contributed by atoms with Crippen LogP contribution >= 0.6 is 0 Å². The molecule has 0 atom stereocenters. The van der Waals surface area contributed by atoms with E-state index in [0.717, 1.165) is 43.6 Å². The SMILES string of the molecule is C=CC(=O)Cc1cccc(CNc2nc(Nc3ccc(N4CCN(C)CC4)cc3OC)ncc2C(F)(F)F)c1. The van der Waals surface area contributed by atoms with Gasteiger partial charge in [0.25, 0.3) is 0 Å². The summed E-state index contributed by atoms with van der Waals surface area (Å²) in [5.41, 5.74) is 1.99. The van der Waals surface area contributed by atoms with E-state index < -0.39 is 11.7 Å². The molecule has 1 aliphatic rings. The van der Waals surface area contributed by atoms with E-state index in [1.54, 1.807) is 30.3 Å². The minimum Gasteiger partial charge on any atom is -0.494 e. The summed E-state index contributed by atoms with van der Waals surface area (Å²) in [6, 6.07) is 12.7. The van der Waals surface area contributed by atoms with Gasteiger partial charge in [-0.15, -0.1) is 0 Å². The molecule has 39 heavy (non-hydrogen) atoms. The van der Waals surface area contributed by atoms with E-state index in [9.17, 15) is 18.0 Å². The van der Waals surface area contributed by atoms with Crippen molar-refractivity contribution in [2.75, 3.05) is 55.9 Å². The predicted octanol–water partition coefficient (Wildman–Crippen LogP) is 4.91. The summed E-state index contributed by atoms with van der Waals surface area (Å²) in [5, 5.41) is 5.77. The standard InChI is InChI=1S/C28H31F3N6O2/c1-4-22(38)15-19-6-5-7-20(14-19)17-32-26-23(28(29,30)31)18-33-27(35-26)34-24-9-8-21(16-25(24)39-3)37-12-10-36(2)11-13-37/h4-9,14,16,18H,1,10-13,15,17H2,2-3H3,(H2,32,33,34,35). The molecular formula is C28H31F3N6O2. The lowest BCUT2D eigenvalue weighted by molar-refractivity contribution is -0.137. The fourth-order valence-electron chi connectivity index (χ4n) is 4.26. The van der Waals surface area contributed by atoms with E-state index in [1.807, 2.05) is 12.1 Å². The number of hydrogen-bond acceptors (Lipinski definition) is 8. The summed E-state index contributed by atoms with van der Waals surface area (Å²) in [7, 11) is 3.62. The van der Waals surface area contributed by atoms with Gasteiger partial charge in [0, 0.05) is 57.1 Å². The number of piperazine rings is 1. The summed E-state index contributed by atoms with van der Waals surface area (Å²) in [4.78, 5) is 24.2. The summed E-state index contributed by atoms with van der Waals surface area (Å²) in [6.07, 6.45) is -2.49. The second kappa shape index (κ2) is 12.2. The number of anilines is 4. The van der Waals surface area contributed by atoms with Gasteiger partial charge in [0.05, 0.1) is 12.8 Å². The van der Waals surface area contributed by atoms with E-state index in [4.69, 9.17) is 4.74 Å². The maximum Gasteiger partial charge on any atom is 0.421 e. The van der Waals surface area contributed by atoms with E-state index in [0.29, 0.717) is 17.0 Å². The van der Waals surface area contributed by atoms with Gasteiger partial charge in [-0.3, -0.25) is 4.79 Å². The van der Waals surface area contributed by atoms with Crippen LogP contribution in [0, 0.1) is 0 Å². The van der Waals surface area contributed by atoms with Crippen molar-refractivity contribution in [1.29, 1.82) is 0 Å². The molecule has 1 aromatic heterocycles. The van der Waals surface area contributed by atoms with Crippen molar-refractivity contribution in [2.24, 2.45) is 0 Å². The molecule has 0 amide bonds. The Morgan fingerprint density at radius 2 is 1.87 bits per heavy atom. The van der Waals surface area contributed by atoms with Crippen LogP contribution in [-0.4, -0.2) is 61.0 Å². The fourth-order valence-corrected chi connectivity index (χ4v) is 4.26. The van der Waals surface area contributed by atoms with Crippen LogP contribution < -0.4 is 20.3 Å². The second-order valence-corrected chi connectivity index (χ2v) is 9.27. The van der Waals surface area contributed by atoms with Gasteiger partial charge in [-0.2, -0.15) is 18.2 Å². The number of halogens is 3. The lowest BCUT2D eigenvalue weighted by Crippen LogP contribution is -2.44. The number of likely N-dealkylation sites (N-methyl/N-ethyl adjacent to an activating group) is 1. The number of hydrogen-bond donors (Lipinski definition) is 2. The lowest BCUT2D eigenvalue weighted by atomic mass is 10.1. The average molecular weight is 541 g/mol. The molecule has 0 aliphatic carbocycles. The molecule has 1 fully saturated rings. The molecule has 4 rings (SSSR count). The van der Waals surface area contributed by atoms with Crippen molar-refractivity contribution in [3.63, 3.8) is 0 Å². The number of nitrogens with zero attached hydrogens (tertiary/aromatic N) is 4. The first-order valence-corrected chi connectivity index (χ1v) is 12.5. The van der Waals surface area contributed by atoms with Gasteiger partial charge in [-0.1, -0.05) is 30.8 Å². The number of benzene rings is 2. The maximum absolute atomic E-state index is 13.7. The third kappa shape index (κ3) is 7.26. The number of rotatable bonds is 10. The number of ketones is 1. The van der Waals surface area contributed by atoms with Crippen molar-refractivity contribution >= 4 is 28.9 Å². The van der Waals surface area contributed by atoms with E-state index >= 15 is 0 Å². The number of nitrogens with one attached hydrogen (secondary N) is 2. The molecule has 0 unspecified atom stereocenters. The highest BCUT2D eigenvalue weighted by Gasteiger charge is 2.35. The van der Waals surface area contributed by atoms with Crippen molar-refractivity contribution in [3.05, 3.63) is 78.0 Å². The quantitative estimate of drug-likeness (QED) is 0.351. The Kier molecular flexibility index (Phi) is 8.70. The number of methoxy groups -OCH3 is 1. The molecule has 11 heteroatoms. The summed E-state index contributed by atoms with van der Waals surface area (Å²) in [5.74, 6) is 0.00960. The smallest absolute Gasteiger partial charge is 0.421 e. The molecule has 0 spiro atoms. The number of alkyl halides is 3. The molecule has 2 N–H and O–H groups in total. The van der Waals surface area contributed by atoms with Crippen molar-refractivity contribution in [1.82, 2.24) is 14.9 Å².